The molecule has 1 atom stereocenters. The van der Waals surface area contributed by atoms with Gasteiger partial charge < -0.3 is 14.2 Å². The molecule has 0 fully saturated rings. The molecule has 0 aliphatic carbocycles. The Morgan fingerprint density at radius 3 is 1.03 bits per heavy atom. The van der Waals surface area contributed by atoms with Crippen LogP contribution in [0, 0.1) is 0 Å². The van der Waals surface area contributed by atoms with Gasteiger partial charge in [-0.2, -0.15) is 0 Å². The number of carbonyl (C=O) groups excluding carboxylic acids is 3. The number of allylic oxidation sites excluding steroid dienone is 10. The van der Waals surface area contributed by atoms with Crippen molar-refractivity contribution in [1.29, 1.82) is 0 Å². The first-order valence-electron chi connectivity index (χ1n) is 24.3. The Labute approximate surface area is 358 Å². The Morgan fingerprint density at radius 1 is 0.345 bits per heavy atom. The molecule has 0 aromatic carbocycles. The second-order valence-corrected chi connectivity index (χ2v) is 16.0. The summed E-state index contributed by atoms with van der Waals surface area (Å²) in [6, 6.07) is 0. The Balaban J connectivity index is 4.25. The van der Waals surface area contributed by atoms with E-state index in [1.807, 2.05) is 0 Å². The fourth-order valence-corrected chi connectivity index (χ4v) is 6.54. The second kappa shape index (κ2) is 46.8. The van der Waals surface area contributed by atoms with E-state index >= 15 is 0 Å². The van der Waals surface area contributed by atoms with E-state index in [1.54, 1.807) is 0 Å². The van der Waals surface area contributed by atoms with Crippen molar-refractivity contribution in [1.82, 2.24) is 0 Å². The highest BCUT2D eigenvalue weighted by Crippen LogP contribution is 2.13. The van der Waals surface area contributed by atoms with E-state index in [-0.39, 0.29) is 31.1 Å². The van der Waals surface area contributed by atoms with Gasteiger partial charge in [0.1, 0.15) is 13.2 Å². The molecule has 0 bridgehead atoms. The summed E-state index contributed by atoms with van der Waals surface area (Å²) < 4.78 is 16.6. The van der Waals surface area contributed by atoms with Gasteiger partial charge in [-0.25, -0.2) is 0 Å². The van der Waals surface area contributed by atoms with Crippen LogP contribution >= 0.6 is 0 Å². The van der Waals surface area contributed by atoms with Gasteiger partial charge in [-0.15, -0.1) is 0 Å². The third kappa shape index (κ3) is 44.2. The Kier molecular flexibility index (Phi) is 44.5. The van der Waals surface area contributed by atoms with Crippen molar-refractivity contribution in [3.8, 4) is 0 Å². The highest BCUT2D eigenvalue weighted by Gasteiger charge is 2.19. The number of ether oxygens (including phenoxy) is 3. The van der Waals surface area contributed by atoms with Crippen LogP contribution in [0.15, 0.2) is 60.8 Å². The SMILES string of the molecule is CCC/C=C\C/C=C\CCCCCCCC(=O)OC(COC(=O)CCCCCCCC)COC(=O)CCCCCCCC/C=C\C/C=C\C/C=C\CCCCCCC. The molecule has 334 valence electrons. The quantitative estimate of drug-likeness (QED) is 0.0264. The monoisotopic (exact) mass is 811 g/mol. The summed E-state index contributed by atoms with van der Waals surface area (Å²) in [5, 5.41) is 0. The molecule has 0 aliphatic heterocycles. The van der Waals surface area contributed by atoms with Gasteiger partial charge in [-0.05, 0) is 83.5 Å². The maximum Gasteiger partial charge on any atom is 0.306 e. The minimum atomic E-state index is -0.782. The molecule has 0 aliphatic rings. The van der Waals surface area contributed by atoms with Crippen LogP contribution in [0.4, 0.5) is 0 Å². The highest BCUT2D eigenvalue weighted by molar-refractivity contribution is 5.71. The molecule has 58 heavy (non-hydrogen) atoms. The molecular weight excluding hydrogens is 721 g/mol. The van der Waals surface area contributed by atoms with Crippen molar-refractivity contribution >= 4 is 17.9 Å². The Bertz CT molecular complexity index is 1070. The van der Waals surface area contributed by atoms with Gasteiger partial charge in [0.15, 0.2) is 6.10 Å². The molecule has 0 aromatic rings. The van der Waals surface area contributed by atoms with Gasteiger partial charge in [0, 0.05) is 19.3 Å². The first kappa shape index (κ1) is 55.1. The smallest absolute Gasteiger partial charge is 0.306 e. The normalized spacial score (nSPS) is 12.5. The first-order valence-corrected chi connectivity index (χ1v) is 24.3. The Hall–Kier alpha value is -2.89. The highest BCUT2D eigenvalue weighted by atomic mass is 16.6. The van der Waals surface area contributed by atoms with Crippen LogP contribution in [-0.4, -0.2) is 37.2 Å². The van der Waals surface area contributed by atoms with Crippen LogP contribution < -0.4 is 0 Å². The molecule has 0 rings (SSSR count). The van der Waals surface area contributed by atoms with Gasteiger partial charge in [0.2, 0.25) is 0 Å². The minimum Gasteiger partial charge on any atom is -0.462 e. The molecule has 0 amide bonds. The van der Waals surface area contributed by atoms with Crippen LogP contribution in [-0.2, 0) is 28.6 Å². The molecule has 0 N–H and O–H groups in total. The zero-order valence-corrected chi connectivity index (χ0v) is 38.0. The molecule has 0 radical (unpaired) electrons. The van der Waals surface area contributed by atoms with Crippen LogP contribution in [0.5, 0.6) is 0 Å². The molecule has 0 saturated carbocycles. The summed E-state index contributed by atoms with van der Waals surface area (Å²) in [6.45, 7) is 6.47. The van der Waals surface area contributed by atoms with Gasteiger partial charge in [0.05, 0.1) is 0 Å². The number of hydrogen-bond acceptors (Lipinski definition) is 6. The molecule has 0 spiro atoms. The lowest BCUT2D eigenvalue weighted by molar-refractivity contribution is -0.167. The summed E-state index contributed by atoms with van der Waals surface area (Å²) in [6.07, 6.45) is 56.5. The maximum atomic E-state index is 12.7. The molecule has 1 unspecified atom stereocenters. The molecule has 6 nitrogen and oxygen atoms in total. The summed E-state index contributed by atoms with van der Waals surface area (Å²) >= 11 is 0. The second-order valence-electron chi connectivity index (χ2n) is 16.0. The summed E-state index contributed by atoms with van der Waals surface area (Å²) in [7, 11) is 0. The number of carbonyl (C=O) groups is 3. The van der Waals surface area contributed by atoms with E-state index in [0.29, 0.717) is 19.3 Å². The number of rotatable bonds is 43. The lowest BCUT2D eigenvalue weighted by Crippen LogP contribution is -2.30. The standard InChI is InChI=1S/C52H90O6/c1-4-7-10-13-16-18-20-22-23-24-25-26-27-28-29-31-32-34-36-39-42-45-51(54)57-48-49(47-56-50(53)44-41-38-15-12-9-6-3)58-52(55)46-43-40-37-35-33-30-21-19-17-14-11-8-5-2/h11,14,19-22,24-25,27-28,49H,4-10,12-13,15-18,23,26,29-48H2,1-3H3/b14-11-,21-19-,22-20-,25-24-,28-27-. The fourth-order valence-electron chi connectivity index (χ4n) is 6.54. The maximum absolute atomic E-state index is 12.7. The molecule has 0 saturated heterocycles. The van der Waals surface area contributed by atoms with E-state index in [4.69, 9.17) is 14.2 Å². The van der Waals surface area contributed by atoms with E-state index in [2.05, 4.69) is 81.5 Å². The summed E-state index contributed by atoms with van der Waals surface area (Å²) in [5.74, 6) is -0.923. The predicted molar refractivity (Wildman–Crippen MR) is 247 cm³/mol. The van der Waals surface area contributed by atoms with Crippen molar-refractivity contribution in [2.75, 3.05) is 13.2 Å². The van der Waals surface area contributed by atoms with Crippen molar-refractivity contribution in [2.45, 2.75) is 239 Å². The number of esters is 3. The van der Waals surface area contributed by atoms with Gasteiger partial charge >= 0.3 is 17.9 Å². The fraction of sp³-hybridized carbons (Fsp3) is 0.750. The van der Waals surface area contributed by atoms with Crippen molar-refractivity contribution in [2.24, 2.45) is 0 Å². The molecule has 0 aromatic heterocycles. The summed E-state index contributed by atoms with van der Waals surface area (Å²) in [4.78, 5) is 37.6. The van der Waals surface area contributed by atoms with Crippen molar-refractivity contribution < 1.29 is 28.6 Å². The van der Waals surface area contributed by atoms with Crippen molar-refractivity contribution in [3.63, 3.8) is 0 Å². The van der Waals surface area contributed by atoms with E-state index in [9.17, 15) is 14.4 Å². The van der Waals surface area contributed by atoms with E-state index in [1.165, 1.54) is 83.5 Å². The number of unbranched alkanes of at least 4 members (excludes halogenated alkanes) is 22. The zero-order valence-electron chi connectivity index (χ0n) is 38.0. The third-order valence-corrected chi connectivity index (χ3v) is 10.2. The first-order chi connectivity index (χ1) is 28.5. The lowest BCUT2D eigenvalue weighted by Gasteiger charge is -2.18. The average molecular weight is 811 g/mol. The lowest BCUT2D eigenvalue weighted by atomic mass is 10.1. The van der Waals surface area contributed by atoms with Crippen LogP contribution in [0.1, 0.15) is 233 Å². The van der Waals surface area contributed by atoms with Crippen molar-refractivity contribution in [3.05, 3.63) is 60.8 Å². The number of hydrogen-bond donors (Lipinski definition) is 0. The third-order valence-electron chi connectivity index (χ3n) is 10.2. The van der Waals surface area contributed by atoms with Crippen LogP contribution in [0.2, 0.25) is 0 Å². The Morgan fingerprint density at radius 2 is 0.655 bits per heavy atom. The van der Waals surface area contributed by atoms with E-state index in [0.717, 1.165) is 109 Å². The van der Waals surface area contributed by atoms with Gasteiger partial charge in [0.25, 0.3) is 0 Å². The molecule has 0 heterocycles. The topological polar surface area (TPSA) is 78.9 Å². The van der Waals surface area contributed by atoms with Crippen LogP contribution in [0.3, 0.4) is 0 Å². The van der Waals surface area contributed by atoms with E-state index < -0.39 is 6.10 Å². The predicted octanol–water partition coefficient (Wildman–Crippen LogP) is 15.7. The molecule has 6 heteroatoms. The van der Waals surface area contributed by atoms with Gasteiger partial charge in [-0.1, -0.05) is 191 Å². The zero-order chi connectivity index (χ0) is 42.3. The molecular formula is C52H90O6. The average Bonchev–Trinajstić information content (AvgIpc) is 3.22. The minimum absolute atomic E-state index is 0.0849. The van der Waals surface area contributed by atoms with Gasteiger partial charge in [-0.3, -0.25) is 14.4 Å². The largest absolute Gasteiger partial charge is 0.462 e. The summed E-state index contributed by atoms with van der Waals surface area (Å²) in [5.41, 5.74) is 0. The van der Waals surface area contributed by atoms with Crippen LogP contribution in [0.25, 0.3) is 0 Å².